The molecule has 16 heavy (non-hydrogen) atoms. The second kappa shape index (κ2) is 2.82. The molecule has 94 valence electrons. The predicted molar refractivity (Wildman–Crippen MR) is 41.0 cm³/mol. The fraction of sp³-hybridized carbons (Fsp3) is 0.667. The highest BCUT2D eigenvalue weighted by molar-refractivity contribution is 5.29. The van der Waals surface area contributed by atoms with Gasteiger partial charge in [0.1, 0.15) is 0 Å². The molecule has 0 fully saturated rings. The molecule has 1 rings (SSSR count). The summed E-state index contributed by atoms with van der Waals surface area (Å²) in [7, 11) is 0. The second-order valence-electron chi connectivity index (χ2n) is 3.39. The largest absolute Gasteiger partial charge is 0.504 e. The normalized spacial score (nSPS) is 30.2. The van der Waals surface area contributed by atoms with E-state index in [9.17, 15) is 0 Å². The van der Waals surface area contributed by atoms with Crippen LogP contribution in [0.3, 0.4) is 0 Å². The predicted octanol–water partition coefficient (Wildman–Crippen LogP) is -4.95. The van der Waals surface area contributed by atoms with Gasteiger partial charge in [-0.05, 0) is 0 Å². The Bertz CT molecular complexity index is 316. The van der Waals surface area contributed by atoms with Crippen molar-refractivity contribution in [3.05, 3.63) is 11.5 Å². The Labute approximate surface area is 86.8 Å². The van der Waals surface area contributed by atoms with Gasteiger partial charge in [-0.3, -0.25) is 0 Å². The molecule has 0 saturated carbocycles. The van der Waals surface area contributed by atoms with Gasteiger partial charge >= 0.3 is 0 Å². The third-order valence-corrected chi connectivity index (χ3v) is 2.34. The van der Waals surface area contributed by atoms with Crippen LogP contribution in [0.5, 0.6) is 0 Å². The van der Waals surface area contributed by atoms with Crippen molar-refractivity contribution in [1.82, 2.24) is 0 Å². The molecule has 10 heteroatoms. The van der Waals surface area contributed by atoms with Crippen LogP contribution in [-0.4, -0.2) is 74.2 Å². The highest BCUT2D eigenvalue weighted by Crippen LogP contribution is 2.45. The standard InChI is InChI=1S/C6H10O10/c7-1-2(8)4(11,12)6(15,16)5(13,14)3(1,9)10/h7-16H. The molecule has 0 heterocycles. The Balaban J connectivity index is 3.64. The molecule has 0 aromatic heterocycles. The Hall–Kier alpha value is -0.980. The van der Waals surface area contributed by atoms with E-state index in [1.165, 1.54) is 0 Å². The van der Waals surface area contributed by atoms with Crippen LogP contribution in [-0.2, 0) is 0 Å². The van der Waals surface area contributed by atoms with Crippen LogP contribution >= 0.6 is 0 Å². The van der Waals surface area contributed by atoms with E-state index in [2.05, 4.69) is 0 Å². The van der Waals surface area contributed by atoms with Crippen molar-refractivity contribution in [3.63, 3.8) is 0 Å². The first kappa shape index (κ1) is 13.1. The zero-order valence-electron chi connectivity index (χ0n) is 7.47. The maximum atomic E-state index is 8.98. The molecular formula is C6H10O10. The fourth-order valence-corrected chi connectivity index (χ4v) is 1.15. The summed E-state index contributed by atoms with van der Waals surface area (Å²) in [5.41, 5.74) is 0. The lowest BCUT2D eigenvalue weighted by Crippen LogP contribution is -2.80. The smallest absolute Gasteiger partial charge is 0.288 e. The van der Waals surface area contributed by atoms with E-state index in [1.54, 1.807) is 0 Å². The maximum absolute atomic E-state index is 8.98. The number of hydrogen-bond donors (Lipinski definition) is 10. The molecule has 0 spiro atoms. The summed E-state index contributed by atoms with van der Waals surface area (Å²) in [6.45, 7) is 0. The van der Waals surface area contributed by atoms with Crippen molar-refractivity contribution >= 4 is 0 Å². The van der Waals surface area contributed by atoms with Crippen LogP contribution in [0.1, 0.15) is 0 Å². The van der Waals surface area contributed by atoms with E-state index in [4.69, 9.17) is 51.1 Å². The molecule has 0 saturated heterocycles. The highest BCUT2D eigenvalue weighted by Gasteiger charge is 2.77. The number of rotatable bonds is 0. The topological polar surface area (TPSA) is 202 Å². The van der Waals surface area contributed by atoms with Gasteiger partial charge in [-0.25, -0.2) is 0 Å². The molecule has 10 N–H and O–H groups in total. The molecule has 0 radical (unpaired) electrons. The van der Waals surface area contributed by atoms with Crippen molar-refractivity contribution in [2.75, 3.05) is 0 Å². The summed E-state index contributed by atoms with van der Waals surface area (Å²) in [6, 6.07) is 0. The van der Waals surface area contributed by atoms with Crippen molar-refractivity contribution < 1.29 is 51.1 Å². The minimum absolute atomic E-state index is 2.07. The van der Waals surface area contributed by atoms with Gasteiger partial charge in [0.25, 0.3) is 23.1 Å². The van der Waals surface area contributed by atoms with Gasteiger partial charge in [0.05, 0.1) is 0 Å². The summed E-state index contributed by atoms with van der Waals surface area (Å²) < 4.78 is 0. The van der Waals surface area contributed by atoms with E-state index in [0.29, 0.717) is 0 Å². The van der Waals surface area contributed by atoms with E-state index in [1.807, 2.05) is 0 Å². The molecule has 0 aliphatic heterocycles. The average Bonchev–Trinajstić information content (AvgIpc) is 2.12. The first-order valence-corrected chi connectivity index (χ1v) is 3.74. The molecular weight excluding hydrogens is 232 g/mol. The lowest BCUT2D eigenvalue weighted by atomic mass is 9.81. The van der Waals surface area contributed by atoms with Crippen LogP contribution in [0, 0.1) is 0 Å². The Kier molecular flexibility index (Phi) is 2.31. The summed E-state index contributed by atoms with van der Waals surface area (Å²) in [4.78, 5) is 0. The molecule has 1 aliphatic carbocycles. The summed E-state index contributed by atoms with van der Waals surface area (Å²) in [6.07, 6.45) is 0. The molecule has 1 aliphatic rings. The zero-order chi connectivity index (χ0) is 13.2. The van der Waals surface area contributed by atoms with E-state index in [-0.39, 0.29) is 0 Å². The van der Waals surface area contributed by atoms with Crippen molar-refractivity contribution in [1.29, 1.82) is 0 Å². The summed E-state index contributed by atoms with van der Waals surface area (Å²) in [5.74, 6) is -21.2. The van der Waals surface area contributed by atoms with Crippen molar-refractivity contribution in [2.45, 2.75) is 23.1 Å². The molecule has 0 aromatic rings. The van der Waals surface area contributed by atoms with Gasteiger partial charge < -0.3 is 51.1 Å². The van der Waals surface area contributed by atoms with Gasteiger partial charge in [-0.15, -0.1) is 0 Å². The number of aliphatic hydroxyl groups excluding tert-OH is 2. The van der Waals surface area contributed by atoms with Gasteiger partial charge in [0.2, 0.25) is 11.5 Å². The number of hydrogen-bond acceptors (Lipinski definition) is 10. The Morgan fingerprint density at radius 3 is 0.875 bits per heavy atom. The maximum Gasteiger partial charge on any atom is 0.288 e. The SMILES string of the molecule is OC1=C(O)C(O)(O)C(O)(O)C(O)(O)C1(O)O. The third kappa shape index (κ3) is 1.07. The van der Waals surface area contributed by atoms with Crippen LogP contribution in [0.4, 0.5) is 0 Å². The first-order valence-electron chi connectivity index (χ1n) is 3.74. The summed E-state index contributed by atoms with van der Waals surface area (Å²) in [5, 5.41) is 89.5. The molecule has 0 unspecified atom stereocenters. The minimum atomic E-state index is -4.39. The van der Waals surface area contributed by atoms with Crippen LogP contribution < -0.4 is 0 Å². The monoisotopic (exact) mass is 242 g/mol. The number of aliphatic hydroxyl groups is 10. The van der Waals surface area contributed by atoms with Crippen molar-refractivity contribution in [3.8, 4) is 0 Å². The average molecular weight is 242 g/mol. The van der Waals surface area contributed by atoms with E-state index in [0.717, 1.165) is 0 Å². The van der Waals surface area contributed by atoms with Gasteiger partial charge in [0, 0.05) is 0 Å². The zero-order valence-corrected chi connectivity index (χ0v) is 7.47. The second-order valence-corrected chi connectivity index (χ2v) is 3.39. The van der Waals surface area contributed by atoms with E-state index >= 15 is 0 Å². The van der Waals surface area contributed by atoms with Crippen LogP contribution in [0.25, 0.3) is 0 Å². The Morgan fingerprint density at radius 2 is 0.688 bits per heavy atom. The van der Waals surface area contributed by atoms with Gasteiger partial charge in [-0.1, -0.05) is 0 Å². The van der Waals surface area contributed by atoms with Gasteiger partial charge in [-0.2, -0.15) is 0 Å². The molecule has 0 atom stereocenters. The van der Waals surface area contributed by atoms with Crippen molar-refractivity contribution in [2.24, 2.45) is 0 Å². The first-order chi connectivity index (χ1) is 6.82. The fourth-order valence-electron chi connectivity index (χ4n) is 1.15. The molecule has 10 nitrogen and oxygen atoms in total. The highest BCUT2D eigenvalue weighted by atomic mass is 16.7. The van der Waals surface area contributed by atoms with E-state index < -0.39 is 34.7 Å². The minimum Gasteiger partial charge on any atom is -0.504 e. The van der Waals surface area contributed by atoms with Gasteiger partial charge in [0.15, 0.2) is 0 Å². The van der Waals surface area contributed by atoms with Crippen LogP contribution in [0.15, 0.2) is 11.5 Å². The molecule has 0 bridgehead atoms. The Morgan fingerprint density at radius 1 is 0.500 bits per heavy atom. The molecule has 0 amide bonds. The third-order valence-electron chi connectivity index (χ3n) is 2.34. The van der Waals surface area contributed by atoms with Crippen LogP contribution in [0.2, 0.25) is 0 Å². The lowest BCUT2D eigenvalue weighted by molar-refractivity contribution is -0.508. The quantitative estimate of drug-likeness (QED) is 0.183. The lowest BCUT2D eigenvalue weighted by Gasteiger charge is -2.49. The molecule has 0 aromatic carbocycles. The summed E-state index contributed by atoms with van der Waals surface area (Å²) >= 11 is 0.